The first-order valence-corrected chi connectivity index (χ1v) is 11.0. The number of benzene rings is 2. The van der Waals surface area contributed by atoms with E-state index in [1.165, 1.54) is 28.6 Å². The number of methoxy groups -OCH3 is 1. The van der Waals surface area contributed by atoms with E-state index in [0.29, 0.717) is 33.7 Å². The Morgan fingerprint density at radius 1 is 1.06 bits per heavy atom. The van der Waals surface area contributed by atoms with E-state index >= 15 is 0 Å². The summed E-state index contributed by atoms with van der Waals surface area (Å²) in [5.41, 5.74) is 3.59. The maximum atomic E-state index is 13.4. The van der Waals surface area contributed by atoms with Crippen LogP contribution in [0.15, 0.2) is 59.8 Å². The number of aryl methyl sites for hydroxylation is 2. The Kier molecular flexibility index (Phi) is 6.64. The quantitative estimate of drug-likeness (QED) is 0.321. The molecular weight excluding hydrogens is 443 g/mol. The van der Waals surface area contributed by atoms with Crippen molar-refractivity contribution in [1.82, 2.24) is 25.0 Å². The first kappa shape index (κ1) is 22.4. The molecule has 0 aliphatic heterocycles. The average Bonchev–Trinajstić information content (AvgIpc) is 3.22. The van der Waals surface area contributed by atoms with E-state index in [9.17, 15) is 9.18 Å². The van der Waals surface area contributed by atoms with E-state index in [-0.39, 0.29) is 11.5 Å². The summed E-state index contributed by atoms with van der Waals surface area (Å²) < 4.78 is 20.1. The number of nitrogens with one attached hydrogen (secondary N) is 1. The van der Waals surface area contributed by atoms with Gasteiger partial charge < -0.3 is 10.1 Å². The van der Waals surface area contributed by atoms with Crippen LogP contribution in [0.1, 0.15) is 27.6 Å². The summed E-state index contributed by atoms with van der Waals surface area (Å²) in [5.74, 6) is 0.237. The minimum Gasteiger partial charge on any atom is -0.497 e. The zero-order chi connectivity index (χ0) is 23.4. The van der Waals surface area contributed by atoms with Gasteiger partial charge in [0, 0.05) is 22.8 Å². The van der Waals surface area contributed by atoms with E-state index < -0.39 is 5.91 Å². The van der Waals surface area contributed by atoms with Crippen LogP contribution in [0.3, 0.4) is 0 Å². The first-order chi connectivity index (χ1) is 15.9. The van der Waals surface area contributed by atoms with Gasteiger partial charge in [-0.05, 0) is 68.4 Å². The molecule has 8 nitrogen and oxygen atoms in total. The van der Waals surface area contributed by atoms with Gasteiger partial charge in [-0.25, -0.2) is 19.0 Å². The molecule has 0 bridgehead atoms. The van der Waals surface area contributed by atoms with E-state index in [0.717, 1.165) is 11.4 Å². The number of rotatable bonds is 7. The molecule has 33 heavy (non-hydrogen) atoms. The van der Waals surface area contributed by atoms with Crippen molar-refractivity contribution in [1.29, 1.82) is 0 Å². The van der Waals surface area contributed by atoms with Gasteiger partial charge in [-0.3, -0.25) is 4.79 Å². The summed E-state index contributed by atoms with van der Waals surface area (Å²) in [5, 5.41) is 11.7. The van der Waals surface area contributed by atoms with E-state index in [1.54, 1.807) is 43.5 Å². The van der Waals surface area contributed by atoms with Gasteiger partial charge in [-0.1, -0.05) is 17.0 Å². The predicted molar refractivity (Wildman–Crippen MR) is 123 cm³/mol. The molecule has 0 saturated carbocycles. The lowest BCUT2D eigenvalue weighted by atomic mass is 10.2. The molecule has 0 saturated heterocycles. The molecule has 2 aromatic heterocycles. The first-order valence-electron chi connectivity index (χ1n) is 10.0. The lowest BCUT2D eigenvalue weighted by Gasteiger charge is -2.09. The molecule has 4 aromatic rings. The molecule has 2 heterocycles. The van der Waals surface area contributed by atoms with Crippen molar-refractivity contribution in [3.63, 3.8) is 0 Å². The highest BCUT2D eigenvalue weighted by molar-refractivity contribution is 7.98. The molecule has 0 radical (unpaired) electrons. The molecule has 1 N–H and O–H groups in total. The van der Waals surface area contributed by atoms with E-state index in [1.807, 2.05) is 19.9 Å². The summed E-state index contributed by atoms with van der Waals surface area (Å²) in [4.78, 5) is 21.9. The van der Waals surface area contributed by atoms with Crippen LogP contribution in [-0.2, 0) is 5.75 Å². The largest absolute Gasteiger partial charge is 0.497 e. The molecular formula is C23H21FN6O2S. The van der Waals surface area contributed by atoms with Gasteiger partial charge in [-0.2, -0.15) is 0 Å². The highest BCUT2D eigenvalue weighted by Crippen LogP contribution is 2.25. The second-order valence-corrected chi connectivity index (χ2v) is 8.12. The molecule has 10 heteroatoms. The minimum atomic E-state index is -0.412. The molecule has 2 aromatic carbocycles. The second-order valence-electron chi connectivity index (χ2n) is 7.18. The van der Waals surface area contributed by atoms with Crippen LogP contribution < -0.4 is 10.1 Å². The van der Waals surface area contributed by atoms with Gasteiger partial charge in [0.1, 0.15) is 11.6 Å². The van der Waals surface area contributed by atoms with Crippen LogP contribution in [0.4, 0.5) is 10.1 Å². The Morgan fingerprint density at radius 3 is 2.36 bits per heavy atom. The van der Waals surface area contributed by atoms with Gasteiger partial charge >= 0.3 is 0 Å². The Morgan fingerprint density at radius 2 is 1.73 bits per heavy atom. The van der Waals surface area contributed by atoms with Gasteiger partial charge in [0.05, 0.1) is 18.5 Å². The SMILES string of the molecule is COc1ccc(NC(=O)c2nnn(-c3ccc(F)cc3)c2CSc2nc(C)cc(C)n2)cc1. The number of carbonyl (C=O) groups is 1. The standard InChI is InChI=1S/C23H21FN6O2S/c1-14-12-15(2)26-23(25-14)33-13-20-21(22(31)27-17-6-10-19(32-3)11-7-17)28-29-30(20)18-8-4-16(24)5-9-18/h4-12H,13H2,1-3H3,(H,27,31). The maximum Gasteiger partial charge on any atom is 0.278 e. The molecule has 0 unspecified atom stereocenters. The maximum absolute atomic E-state index is 13.4. The van der Waals surface area contributed by atoms with Crippen LogP contribution in [-0.4, -0.2) is 38.0 Å². The van der Waals surface area contributed by atoms with Gasteiger partial charge in [-0.15, -0.1) is 5.10 Å². The summed E-state index contributed by atoms with van der Waals surface area (Å²) in [6.07, 6.45) is 0. The lowest BCUT2D eigenvalue weighted by Crippen LogP contribution is -2.15. The Bertz CT molecular complexity index is 1260. The number of carbonyl (C=O) groups excluding carboxylic acids is 1. The summed E-state index contributed by atoms with van der Waals surface area (Å²) >= 11 is 1.37. The van der Waals surface area contributed by atoms with Gasteiger partial charge in [0.15, 0.2) is 10.9 Å². The minimum absolute atomic E-state index is 0.159. The normalized spacial score (nSPS) is 10.8. The summed E-state index contributed by atoms with van der Waals surface area (Å²) in [6.45, 7) is 3.80. The molecule has 0 atom stereocenters. The highest BCUT2D eigenvalue weighted by atomic mass is 32.2. The van der Waals surface area contributed by atoms with Crippen molar-refractivity contribution in [2.45, 2.75) is 24.8 Å². The number of aromatic nitrogens is 5. The number of halogens is 1. The van der Waals surface area contributed by atoms with Crippen LogP contribution in [0, 0.1) is 19.7 Å². The van der Waals surface area contributed by atoms with Crippen molar-refractivity contribution < 1.29 is 13.9 Å². The Hall–Kier alpha value is -3.79. The highest BCUT2D eigenvalue weighted by Gasteiger charge is 2.22. The van der Waals surface area contributed by atoms with Crippen molar-refractivity contribution in [2.24, 2.45) is 0 Å². The van der Waals surface area contributed by atoms with E-state index in [4.69, 9.17) is 4.74 Å². The monoisotopic (exact) mass is 464 g/mol. The van der Waals surface area contributed by atoms with Crippen LogP contribution >= 0.6 is 11.8 Å². The topological polar surface area (TPSA) is 94.8 Å². The molecule has 0 aliphatic carbocycles. The number of hydrogen-bond acceptors (Lipinski definition) is 7. The molecule has 0 fully saturated rings. The van der Waals surface area contributed by atoms with Crippen molar-refractivity contribution in [3.8, 4) is 11.4 Å². The Labute approximate surface area is 194 Å². The predicted octanol–water partition coefficient (Wildman–Crippen LogP) is 4.37. The third-order valence-electron chi connectivity index (χ3n) is 4.70. The Balaban J connectivity index is 1.65. The fourth-order valence-corrected chi connectivity index (χ4v) is 4.09. The lowest BCUT2D eigenvalue weighted by molar-refractivity contribution is 0.102. The van der Waals surface area contributed by atoms with Crippen LogP contribution in [0.5, 0.6) is 5.75 Å². The fourth-order valence-electron chi connectivity index (χ4n) is 3.15. The zero-order valence-corrected chi connectivity index (χ0v) is 19.1. The number of amides is 1. The summed E-state index contributed by atoms with van der Waals surface area (Å²) in [6, 6.07) is 14.7. The van der Waals surface area contributed by atoms with Crippen molar-refractivity contribution >= 4 is 23.4 Å². The third-order valence-corrected chi connectivity index (χ3v) is 5.56. The van der Waals surface area contributed by atoms with E-state index in [2.05, 4.69) is 25.6 Å². The summed E-state index contributed by atoms with van der Waals surface area (Å²) in [7, 11) is 1.57. The molecule has 0 aliphatic rings. The molecule has 4 rings (SSSR count). The molecule has 168 valence electrons. The van der Waals surface area contributed by atoms with Gasteiger partial charge in [0.25, 0.3) is 5.91 Å². The second kappa shape index (κ2) is 9.78. The van der Waals surface area contributed by atoms with Crippen LogP contribution in [0.2, 0.25) is 0 Å². The van der Waals surface area contributed by atoms with Gasteiger partial charge in [0.2, 0.25) is 0 Å². The van der Waals surface area contributed by atoms with Crippen molar-refractivity contribution in [2.75, 3.05) is 12.4 Å². The number of nitrogens with zero attached hydrogens (tertiary/aromatic N) is 5. The number of anilines is 1. The fraction of sp³-hybridized carbons (Fsp3) is 0.174. The number of hydrogen-bond donors (Lipinski definition) is 1. The van der Waals surface area contributed by atoms with Crippen LogP contribution in [0.25, 0.3) is 5.69 Å². The van der Waals surface area contributed by atoms with Crippen molar-refractivity contribution in [3.05, 3.63) is 83.2 Å². The number of thioether (sulfide) groups is 1. The molecule has 0 spiro atoms. The average molecular weight is 465 g/mol. The smallest absolute Gasteiger partial charge is 0.278 e. The number of ether oxygens (including phenoxy) is 1. The third kappa shape index (κ3) is 5.35. The molecule has 1 amide bonds. The zero-order valence-electron chi connectivity index (χ0n) is 18.2.